The Bertz CT molecular complexity index is 590. The first-order valence-electron chi connectivity index (χ1n) is 5.55. The summed E-state index contributed by atoms with van der Waals surface area (Å²) < 4.78 is 15.7. The SMILES string of the molecule is COc1cc(C(=O)O)ccc1OCc1ncoc1C. The standard InChI is InChI=1S/C13H13NO5/c1-8-10(14-7-19-8)6-18-11-4-3-9(13(15)16)5-12(11)17-2/h3-5,7H,6H2,1-2H3,(H,15,16). The number of benzene rings is 1. The van der Waals surface area contributed by atoms with Gasteiger partial charge in [0.15, 0.2) is 17.9 Å². The zero-order chi connectivity index (χ0) is 13.8. The number of carbonyl (C=O) groups is 1. The van der Waals surface area contributed by atoms with Crippen molar-refractivity contribution >= 4 is 5.97 Å². The molecule has 6 nitrogen and oxygen atoms in total. The Hall–Kier alpha value is -2.50. The molecule has 1 aromatic carbocycles. The van der Waals surface area contributed by atoms with Gasteiger partial charge in [0.25, 0.3) is 0 Å². The topological polar surface area (TPSA) is 81.8 Å². The van der Waals surface area contributed by atoms with Crippen LogP contribution in [0.3, 0.4) is 0 Å². The van der Waals surface area contributed by atoms with Gasteiger partial charge in [-0.1, -0.05) is 0 Å². The van der Waals surface area contributed by atoms with Crippen molar-refractivity contribution < 1.29 is 23.8 Å². The minimum Gasteiger partial charge on any atom is -0.493 e. The summed E-state index contributed by atoms with van der Waals surface area (Å²) in [6, 6.07) is 4.42. The van der Waals surface area contributed by atoms with Gasteiger partial charge >= 0.3 is 5.97 Å². The van der Waals surface area contributed by atoms with Crippen molar-refractivity contribution in [3.8, 4) is 11.5 Å². The highest BCUT2D eigenvalue weighted by Gasteiger charge is 2.11. The Morgan fingerprint density at radius 2 is 2.21 bits per heavy atom. The van der Waals surface area contributed by atoms with E-state index in [0.29, 0.717) is 23.0 Å². The maximum atomic E-state index is 10.9. The number of ether oxygens (including phenoxy) is 2. The second-order valence-electron chi connectivity index (χ2n) is 3.81. The van der Waals surface area contributed by atoms with Crippen LogP contribution in [0.4, 0.5) is 0 Å². The fraction of sp³-hybridized carbons (Fsp3) is 0.231. The second kappa shape index (κ2) is 5.43. The molecule has 0 aliphatic rings. The van der Waals surface area contributed by atoms with Gasteiger partial charge in [0, 0.05) is 0 Å². The first kappa shape index (κ1) is 12.9. The highest BCUT2D eigenvalue weighted by atomic mass is 16.5. The number of aryl methyl sites for hydroxylation is 1. The number of hydrogen-bond acceptors (Lipinski definition) is 5. The monoisotopic (exact) mass is 263 g/mol. The van der Waals surface area contributed by atoms with Crippen molar-refractivity contribution in [1.29, 1.82) is 0 Å². The van der Waals surface area contributed by atoms with Gasteiger partial charge in [0.05, 0.1) is 12.7 Å². The number of carboxylic acids is 1. The first-order chi connectivity index (χ1) is 9.11. The number of rotatable bonds is 5. The van der Waals surface area contributed by atoms with Crippen LogP contribution in [-0.4, -0.2) is 23.2 Å². The van der Waals surface area contributed by atoms with Crippen LogP contribution in [0, 0.1) is 6.92 Å². The molecule has 2 aromatic rings. The Morgan fingerprint density at radius 3 is 2.79 bits per heavy atom. The molecule has 0 atom stereocenters. The van der Waals surface area contributed by atoms with Gasteiger partial charge in [0.1, 0.15) is 18.1 Å². The Balaban J connectivity index is 2.16. The molecule has 6 heteroatoms. The van der Waals surface area contributed by atoms with Crippen LogP contribution in [0.2, 0.25) is 0 Å². The summed E-state index contributed by atoms with van der Waals surface area (Å²) in [5, 5.41) is 8.89. The summed E-state index contributed by atoms with van der Waals surface area (Å²) in [5.74, 6) is 0.481. The maximum absolute atomic E-state index is 10.9. The summed E-state index contributed by atoms with van der Waals surface area (Å²) in [6.45, 7) is 2.02. The van der Waals surface area contributed by atoms with Gasteiger partial charge in [-0.2, -0.15) is 0 Å². The first-order valence-corrected chi connectivity index (χ1v) is 5.55. The van der Waals surface area contributed by atoms with Crippen molar-refractivity contribution in [3.05, 3.63) is 41.6 Å². The summed E-state index contributed by atoms with van der Waals surface area (Å²) >= 11 is 0. The number of methoxy groups -OCH3 is 1. The lowest BCUT2D eigenvalue weighted by molar-refractivity contribution is 0.0696. The highest BCUT2D eigenvalue weighted by Crippen LogP contribution is 2.28. The van der Waals surface area contributed by atoms with Crippen LogP contribution in [0.5, 0.6) is 11.5 Å². The van der Waals surface area contributed by atoms with Crippen LogP contribution < -0.4 is 9.47 Å². The summed E-state index contributed by atoms with van der Waals surface area (Å²) in [4.78, 5) is 14.9. The quantitative estimate of drug-likeness (QED) is 0.891. The maximum Gasteiger partial charge on any atom is 0.335 e. The van der Waals surface area contributed by atoms with E-state index in [1.807, 2.05) is 0 Å². The van der Waals surface area contributed by atoms with Crippen LogP contribution in [0.15, 0.2) is 29.0 Å². The molecule has 0 bridgehead atoms. The van der Waals surface area contributed by atoms with Crippen molar-refractivity contribution in [2.45, 2.75) is 13.5 Å². The Labute approximate surface area is 109 Å². The smallest absolute Gasteiger partial charge is 0.335 e. The van der Waals surface area contributed by atoms with E-state index < -0.39 is 5.97 Å². The van der Waals surface area contributed by atoms with E-state index in [0.717, 1.165) is 0 Å². The Kier molecular flexibility index (Phi) is 3.70. The van der Waals surface area contributed by atoms with Crippen molar-refractivity contribution in [3.63, 3.8) is 0 Å². The fourth-order valence-electron chi connectivity index (χ4n) is 1.53. The molecule has 0 saturated heterocycles. The van der Waals surface area contributed by atoms with Gasteiger partial charge in [0.2, 0.25) is 0 Å². The lowest BCUT2D eigenvalue weighted by Crippen LogP contribution is -2.01. The van der Waals surface area contributed by atoms with E-state index in [2.05, 4.69) is 4.98 Å². The minimum absolute atomic E-state index is 0.141. The van der Waals surface area contributed by atoms with Gasteiger partial charge < -0.3 is 19.0 Å². The number of aromatic carboxylic acids is 1. The van der Waals surface area contributed by atoms with Crippen LogP contribution >= 0.6 is 0 Å². The molecule has 0 fully saturated rings. The molecule has 1 N–H and O–H groups in total. The van der Waals surface area contributed by atoms with Crippen LogP contribution in [0.1, 0.15) is 21.8 Å². The number of carboxylic acid groups (broad SMARTS) is 1. The third-order valence-corrected chi connectivity index (χ3v) is 2.62. The molecular weight excluding hydrogens is 250 g/mol. The zero-order valence-electron chi connectivity index (χ0n) is 10.5. The van der Waals surface area contributed by atoms with Gasteiger partial charge in [-0.05, 0) is 25.1 Å². The van der Waals surface area contributed by atoms with E-state index in [-0.39, 0.29) is 12.2 Å². The van der Waals surface area contributed by atoms with Crippen molar-refractivity contribution in [2.24, 2.45) is 0 Å². The summed E-state index contributed by atoms with van der Waals surface area (Å²) in [7, 11) is 1.45. The molecule has 0 radical (unpaired) electrons. The lowest BCUT2D eigenvalue weighted by Gasteiger charge is -2.10. The molecule has 0 spiro atoms. The minimum atomic E-state index is -1.02. The summed E-state index contributed by atoms with van der Waals surface area (Å²) in [6.07, 6.45) is 1.35. The molecule has 100 valence electrons. The van der Waals surface area contributed by atoms with Crippen LogP contribution in [0.25, 0.3) is 0 Å². The van der Waals surface area contributed by atoms with Crippen molar-refractivity contribution in [1.82, 2.24) is 4.98 Å². The number of hydrogen-bond donors (Lipinski definition) is 1. The molecule has 2 rings (SSSR count). The molecule has 0 aliphatic heterocycles. The molecule has 1 aromatic heterocycles. The average Bonchev–Trinajstić information content (AvgIpc) is 2.81. The second-order valence-corrected chi connectivity index (χ2v) is 3.81. The zero-order valence-corrected chi connectivity index (χ0v) is 10.5. The largest absolute Gasteiger partial charge is 0.493 e. The number of aromatic nitrogens is 1. The van der Waals surface area contributed by atoms with E-state index in [1.165, 1.54) is 25.6 Å². The van der Waals surface area contributed by atoms with Crippen LogP contribution in [-0.2, 0) is 6.61 Å². The molecule has 0 unspecified atom stereocenters. The molecule has 0 amide bonds. The fourth-order valence-corrected chi connectivity index (χ4v) is 1.53. The van der Waals surface area contributed by atoms with E-state index in [1.54, 1.807) is 13.0 Å². The molecule has 19 heavy (non-hydrogen) atoms. The van der Waals surface area contributed by atoms with Gasteiger partial charge in [-0.3, -0.25) is 0 Å². The molecular formula is C13H13NO5. The van der Waals surface area contributed by atoms with E-state index in [4.69, 9.17) is 19.0 Å². The average molecular weight is 263 g/mol. The third-order valence-electron chi connectivity index (χ3n) is 2.62. The van der Waals surface area contributed by atoms with Gasteiger partial charge in [-0.15, -0.1) is 0 Å². The summed E-state index contributed by atoms with van der Waals surface area (Å²) in [5.41, 5.74) is 0.825. The lowest BCUT2D eigenvalue weighted by atomic mass is 10.2. The predicted molar refractivity (Wildman–Crippen MR) is 65.5 cm³/mol. The highest BCUT2D eigenvalue weighted by molar-refractivity contribution is 5.88. The molecule has 0 saturated carbocycles. The van der Waals surface area contributed by atoms with Gasteiger partial charge in [-0.25, -0.2) is 9.78 Å². The predicted octanol–water partition coefficient (Wildman–Crippen LogP) is 2.27. The number of nitrogens with zero attached hydrogens (tertiary/aromatic N) is 1. The molecule has 1 heterocycles. The Morgan fingerprint density at radius 1 is 1.42 bits per heavy atom. The normalized spacial score (nSPS) is 10.2. The van der Waals surface area contributed by atoms with E-state index in [9.17, 15) is 4.79 Å². The number of oxazole rings is 1. The third kappa shape index (κ3) is 2.85. The molecule has 0 aliphatic carbocycles. The van der Waals surface area contributed by atoms with E-state index >= 15 is 0 Å². The van der Waals surface area contributed by atoms with Crippen molar-refractivity contribution in [2.75, 3.05) is 7.11 Å².